The zero-order chi connectivity index (χ0) is 18.4. The molecule has 3 atom stereocenters. The average molecular weight is 347 g/mol. The summed E-state index contributed by atoms with van der Waals surface area (Å²) in [7, 11) is 0. The molecule has 136 valence electrons. The third-order valence-corrected chi connectivity index (χ3v) is 4.55. The molecule has 0 aromatic heterocycles. The molecule has 4 amide bonds. The molecule has 7 heteroatoms. The van der Waals surface area contributed by atoms with Crippen molar-refractivity contribution in [2.45, 2.75) is 45.3 Å². The van der Waals surface area contributed by atoms with Crippen LogP contribution >= 0.6 is 0 Å². The average Bonchev–Trinajstić information content (AvgIpc) is 2.87. The zero-order valence-corrected chi connectivity index (χ0v) is 14.6. The quantitative estimate of drug-likeness (QED) is 0.612. The van der Waals surface area contributed by atoms with Crippen molar-refractivity contribution in [1.82, 2.24) is 15.5 Å². The number of imide groups is 1. The summed E-state index contributed by atoms with van der Waals surface area (Å²) in [6, 6.07) is 7.48. The predicted octanol–water partition coefficient (Wildman–Crippen LogP) is 1.02. The van der Waals surface area contributed by atoms with Crippen LogP contribution in [0.1, 0.15) is 32.3 Å². The third-order valence-electron chi connectivity index (χ3n) is 4.55. The van der Waals surface area contributed by atoms with Crippen LogP contribution in [0.3, 0.4) is 0 Å². The number of nitrogens with one attached hydrogen (secondary N) is 2. The van der Waals surface area contributed by atoms with Gasteiger partial charge in [0.05, 0.1) is 25.6 Å². The Morgan fingerprint density at radius 1 is 1.32 bits per heavy atom. The maximum atomic E-state index is 12.4. The van der Waals surface area contributed by atoms with Crippen molar-refractivity contribution < 1.29 is 19.5 Å². The Morgan fingerprint density at radius 3 is 2.60 bits per heavy atom. The number of amides is 4. The highest BCUT2D eigenvalue weighted by molar-refractivity contribution is 6.05. The van der Waals surface area contributed by atoms with Crippen molar-refractivity contribution in [2.24, 2.45) is 5.92 Å². The van der Waals surface area contributed by atoms with Gasteiger partial charge in [-0.3, -0.25) is 14.5 Å². The molecular weight excluding hydrogens is 322 g/mol. The van der Waals surface area contributed by atoms with E-state index in [4.69, 9.17) is 0 Å². The summed E-state index contributed by atoms with van der Waals surface area (Å²) in [5.74, 6) is -0.648. The number of benzene rings is 1. The Hall–Kier alpha value is -2.41. The number of hydrogen-bond donors (Lipinski definition) is 3. The van der Waals surface area contributed by atoms with E-state index in [2.05, 4.69) is 10.6 Å². The van der Waals surface area contributed by atoms with Crippen molar-refractivity contribution >= 4 is 17.8 Å². The van der Waals surface area contributed by atoms with Gasteiger partial charge in [-0.1, -0.05) is 50.6 Å². The molecule has 0 bridgehead atoms. The molecule has 1 aliphatic rings. The van der Waals surface area contributed by atoms with E-state index in [9.17, 15) is 19.5 Å². The van der Waals surface area contributed by atoms with E-state index in [1.165, 1.54) is 0 Å². The number of carbonyl (C=O) groups excluding carboxylic acids is 3. The van der Waals surface area contributed by atoms with E-state index < -0.39 is 18.0 Å². The van der Waals surface area contributed by atoms with Crippen LogP contribution in [0.5, 0.6) is 0 Å². The van der Waals surface area contributed by atoms with Gasteiger partial charge in [-0.05, 0) is 11.5 Å². The summed E-state index contributed by atoms with van der Waals surface area (Å²) >= 11 is 0. The summed E-state index contributed by atoms with van der Waals surface area (Å²) in [5.41, 5.74) is 0.841. The standard InChI is InChI=1S/C18H25N3O4/c1-3-12(2)15(11-22)19-16(23)9-14-17(24)21(18(25)20-14)10-13-7-5-4-6-8-13/h4-8,12,14-15,22H,3,9-11H2,1-2H3,(H,19,23)(H,20,25)/t12-,14+,15-/m1/s1. The highest BCUT2D eigenvalue weighted by atomic mass is 16.3. The van der Waals surface area contributed by atoms with E-state index in [0.717, 1.165) is 16.9 Å². The summed E-state index contributed by atoms with van der Waals surface area (Å²) in [4.78, 5) is 37.7. The van der Waals surface area contributed by atoms with E-state index in [-0.39, 0.29) is 37.4 Å². The fraction of sp³-hybridized carbons (Fsp3) is 0.500. The van der Waals surface area contributed by atoms with Gasteiger partial charge in [0.1, 0.15) is 6.04 Å². The first kappa shape index (κ1) is 18.9. The van der Waals surface area contributed by atoms with Crippen molar-refractivity contribution in [3.8, 4) is 0 Å². The number of nitrogens with zero attached hydrogens (tertiary/aromatic N) is 1. The second-order valence-corrected chi connectivity index (χ2v) is 6.36. The van der Waals surface area contributed by atoms with Crippen molar-refractivity contribution in [1.29, 1.82) is 0 Å². The molecule has 2 rings (SSSR count). The summed E-state index contributed by atoms with van der Waals surface area (Å²) in [5, 5.41) is 14.7. The summed E-state index contributed by atoms with van der Waals surface area (Å²) in [6.45, 7) is 3.93. The third kappa shape index (κ3) is 4.79. The molecule has 1 aromatic rings. The Balaban J connectivity index is 1.94. The van der Waals surface area contributed by atoms with Gasteiger partial charge in [0.2, 0.25) is 5.91 Å². The molecule has 1 aliphatic heterocycles. The van der Waals surface area contributed by atoms with Crippen LogP contribution in [0.15, 0.2) is 30.3 Å². The van der Waals surface area contributed by atoms with Crippen LogP contribution in [0.4, 0.5) is 4.79 Å². The number of aliphatic hydroxyl groups excluding tert-OH is 1. The molecule has 0 saturated carbocycles. The Bertz CT molecular complexity index is 620. The SMILES string of the molecule is CC[C@@H](C)[C@@H](CO)NC(=O)C[C@@H]1NC(=O)N(Cc2ccccc2)C1=O. The highest BCUT2D eigenvalue weighted by Crippen LogP contribution is 2.14. The normalized spacial score (nSPS) is 19.5. The molecule has 0 unspecified atom stereocenters. The van der Waals surface area contributed by atoms with Gasteiger partial charge < -0.3 is 15.7 Å². The van der Waals surface area contributed by atoms with Gasteiger partial charge >= 0.3 is 6.03 Å². The van der Waals surface area contributed by atoms with Crippen molar-refractivity contribution in [3.63, 3.8) is 0 Å². The lowest BCUT2D eigenvalue weighted by Crippen LogP contribution is -2.44. The van der Waals surface area contributed by atoms with Crippen molar-refractivity contribution in [2.75, 3.05) is 6.61 Å². The minimum Gasteiger partial charge on any atom is -0.394 e. The second-order valence-electron chi connectivity index (χ2n) is 6.36. The maximum absolute atomic E-state index is 12.4. The fourth-order valence-electron chi connectivity index (χ4n) is 2.73. The van der Waals surface area contributed by atoms with Crippen LogP contribution in [-0.4, -0.2) is 46.5 Å². The second kappa shape index (κ2) is 8.62. The lowest BCUT2D eigenvalue weighted by Gasteiger charge is -2.22. The molecule has 1 saturated heterocycles. The van der Waals surface area contributed by atoms with Crippen LogP contribution < -0.4 is 10.6 Å². The van der Waals surface area contributed by atoms with Crippen LogP contribution in [-0.2, 0) is 16.1 Å². The summed E-state index contributed by atoms with van der Waals surface area (Å²) < 4.78 is 0. The molecule has 1 fully saturated rings. The smallest absolute Gasteiger partial charge is 0.325 e. The van der Waals surface area contributed by atoms with Gasteiger partial charge in [0, 0.05) is 0 Å². The largest absolute Gasteiger partial charge is 0.394 e. The van der Waals surface area contributed by atoms with Gasteiger partial charge in [0.25, 0.3) is 5.91 Å². The summed E-state index contributed by atoms with van der Waals surface area (Å²) in [6.07, 6.45) is 0.679. The molecule has 1 aromatic carbocycles. The van der Waals surface area contributed by atoms with Gasteiger partial charge in [-0.15, -0.1) is 0 Å². The van der Waals surface area contributed by atoms with Gasteiger partial charge in [-0.25, -0.2) is 4.79 Å². The van der Waals surface area contributed by atoms with E-state index in [0.29, 0.717) is 0 Å². The Morgan fingerprint density at radius 2 is 2.00 bits per heavy atom. The number of urea groups is 1. The molecule has 3 N–H and O–H groups in total. The molecule has 0 aliphatic carbocycles. The van der Waals surface area contributed by atoms with Crippen LogP contribution in [0.2, 0.25) is 0 Å². The lowest BCUT2D eigenvalue weighted by molar-refractivity contribution is -0.131. The van der Waals surface area contributed by atoms with Crippen LogP contribution in [0.25, 0.3) is 0 Å². The minimum atomic E-state index is -0.868. The van der Waals surface area contributed by atoms with E-state index in [1.54, 1.807) is 0 Å². The number of aliphatic hydroxyl groups is 1. The van der Waals surface area contributed by atoms with Crippen LogP contribution in [0, 0.1) is 5.92 Å². The zero-order valence-electron chi connectivity index (χ0n) is 14.6. The monoisotopic (exact) mass is 347 g/mol. The first-order chi connectivity index (χ1) is 12.0. The molecule has 1 heterocycles. The number of hydrogen-bond acceptors (Lipinski definition) is 4. The lowest BCUT2D eigenvalue weighted by atomic mass is 9.99. The van der Waals surface area contributed by atoms with Gasteiger partial charge in [0.15, 0.2) is 0 Å². The first-order valence-corrected chi connectivity index (χ1v) is 8.52. The fourth-order valence-corrected chi connectivity index (χ4v) is 2.73. The molecule has 7 nitrogen and oxygen atoms in total. The van der Waals surface area contributed by atoms with E-state index in [1.807, 2.05) is 44.2 Å². The number of rotatable bonds is 8. The van der Waals surface area contributed by atoms with Crippen molar-refractivity contribution in [3.05, 3.63) is 35.9 Å². The molecule has 0 spiro atoms. The molecular formula is C18H25N3O4. The molecule has 25 heavy (non-hydrogen) atoms. The molecule has 0 radical (unpaired) electrons. The topological polar surface area (TPSA) is 98.7 Å². The number of carbonyl (C=O) groups is 3. The highest BCUT2D eigenvalue weighted by Gasteiger charge is 2.39. The Kier molecular flexibility index (Phi) is 6.52. The minimum absolute atomic E-state index is 0.123. The van der Waals surface area contributed by atoms with E-state index >= 15 is 0 Å². The van der Waals surface area contributed by atoms with Gasteiger partial charge in [-0.2, -0.15) is 0 Å². The Labute approximate surface area is 147 Å². The predicted molar refractivity (Wildman–Crippen MR) is 92.4 cm³/mol. The maximum Gasteiger partial charge on any atom is 0.325 e. The first-order valence-electron chi connectivity index (χ1n) is 8.52.